The summed E-state index contributed by atoms with van der Waals surface area (Å²) in [6.45, 7) is 0. The standard InChI is InChI=1S/C13H11FN2O4S/c14-11-8-10(21(15,18)19)4-5-12(11)16-13(17)6-3-9-2-1-7-20-9/h1-8H,(H,16,17)(H2,15,18,19)/b6-3+. The van der Waals surface area contributed by atoms with Crippen molar-refractivity contribution in [3.8, 4) is 0 Å². The molecule has 0 bridgehead atoms. The van der Waals surface area contributed by atoms with E-state index in [0.29, 0.717) is 5.76 Å². The van der Waals surface area contributed by atoms with Crippen molar-refractivity contribution in [3.05, 3.63) is 54.2 Å². The molecular formula is C13H11FN2O4S. The van der Waals surface area contributed by atoms with Crippen molar-refractivity contribution >= 4 is 27.7 Å². The lowest BCUT2D eigenvalue weighted by atomic mass is 10.3. The first-order valence-corrected chi connectivity index (χ1v) is 7.26. The maximum atomic E-state index is 13.7. The zero-order chi connectivity index (χ0) is 15.5. The molecule has 6 nitrogen and oxygen atoms in total. The molecular weight excluding hydrogens is 299 g/mol. The van der Waals surface area contributed by atoms with E-state index in [2.05, 4.69) is 5.32 Å². The number of rotatable bonds is 4. The average Bonchev–Trinajstić information content (AvgIpc) is 2.91. The van der Waals surface area contributed by atoms with Crippen LogP contribution >= 0.6 is 0 Å². The lowest BCUT2D eigenvalue weighted by molar-refractivity contribution is -0.111. The Labute approximate surface area is 120 Å². The summed E-state index contributed by atoms with van der Waals surface area (Å²) in [7, 11) is -3.99. The number of hydrogen-bond acceptors (Lipinski definition) is 4. The summed E-state index contributed by atoms with van der Waals surface area (Å²) in [5, 5.41) is 7.15. The fraction of sp³-hybridized carbons (Fsp3) is 0. The number of anilines is 1. The van der Waals surface area contributed by atoms with Crippen LogP contribution in [0, 0.1) is 5.82 Å². The Kier molecular flexibility index (Phi) is 4.20. The van der Waals surface area contributed by atoms with Crippen molar-refractivity contribution in [3.63, 3.8) is 0 Å². The highest BCUT2D eigenvalue weighted by molar-refractivity contribution is 7.89. The normalized spacial score (nSPS) is 11.7. The molecule has 2 rings (SSSR count). The molecule has 110 valence electrons. The second-order valence-electron chi connectivity index (χ2n) is 4.02. The molecule has 0 aliphatic rings. The molecule has 0 radical (unpaired) electrons. The molecule has 0 spiro atoms. The number of sulfonamides is 1. The number of carbonyl (C=O) groups is 1. The summed E-state index contributed by atoms with van der Waals surface area (Å²) in [4.78, 5) is 11.2. The molecule has 0 aliphatic carbocycles. The number of benzene rings is 1. The van der Waals surface area contributed by atoms with Gasteiger partial charge in [0.05, 0.1) is 16.8 Å². The molecule has 0 atom stereocenters. The van der Waals surface area contributed by atoms with Crippen molar-refractivity contribution in [2.45, 2.75) is 4.90 Å². The zero-order valence-corrected chi connectivity index (χ0v) is 11.4. The lowest BCUT2D eigenvalue weighted by Crippen LogP contribution is -2.14. The Morgan fingerprint density at radius 3 is 2.67 bits per heavy atom. The van der Waals surface area contributed by atoms with Gasteiger partial charge < -0.3 is 9.73 Å². The molecule has 0 unspecified atom stereocenters. The summed E-state index contributed by atoms with van der Waals surface area (Å²) < 4.78 is 40.8. The van der Waals surface area contributed by atoms with E-state index < -0.39 is 21.7 Å². The van der Waals surface area contributed by atoms with Gasteiger partial charge in [0.15, 0.2) is 0 Å². The molecule has 0 aliphatic heterocycles. The third-order valence-electron chi connectivity index (χ3n) is 2.47. The summed E-state index contributed by atoms with van der Waals surface area (Å²) in [6.07, 6.45) is 4.01. The van der Waals surface area contributed by atoms with E-state index >= 15 is 0 Å². The predicted octanol–water partition coefficient (Wildman–Crippen LogP) is 1.72. The van der Waals surface area contributed by atoms with E-state index in [1.807, 2.05) is 0 Å². The van der Waals surface area contributed by atoms with Gasteiger partial charge in [-0.05, 0) is 36.4 Å². The Balaban J connectivity index is 2.11. The van der Waals surface area contributed by atoms with Crippen molar-refractivity contribution in [1.29, 1.82) is 0 Å². The van der Waals surface area contributed by atoms with Gasteiger partial charge in [0.1, 0.15) is 11.6 Å². The molecule has 1 aromatic heterocycles. The largest absolute Gasteiger partial charge is 0.465 e. The second kappa shape index (κ2) is 5.90. The van der Waals surface area contributed by atoms with E-state index in [1.165, 1.54) is 12.3 Å². The van der Waals surface area contributed by atoms with Gasteiger partial charge in [-0.3, -0.25) is 4.79 Å². The van der Waals surface area contributed by atoms with Gasteiger partial charge in [0.25, 0.3) is 0 Å². The number of carbonyl (C=O) groups excluding carboxylic acids is 1. The van der Waals surface area contributed by atoms with Gasteiger partial charge in [0, 0.05) is 6.08 Å². The van der Waals surface area contributed by atoms with E-state index in [4.69, 9.17) is 9.56 Å². The van der Waals surface area contributed by atoms with Gasteiger partial charge in [-0.2, -0.15) is 0 Å². The van der Waals surface area contributed by atoms with Crippen LogP contribution in [-0.2, 0) is 14.8 Å². The Bertz CT molecular complexity index is 783. The van der Waals surface area contributed by atoms with Crippen molar-refractivity contribution in [2.24, 2.45) is 5.14 Å². The van der Waals surface area contributed by atoms with Crippen LogP contribution in [-0.4, -0.2) is 14.3 Å². The third kappa shape index (κ3) is 4.01. The number of halogens is 1. The topological polar surface area (TPSA) is 102 Å². The van der Waals surface area contributed by atoms with E-state index in [1.54, 1.807) is 12.1 Å². The van der Waals surface area contributed by atoms with E-state index in [9.17, 15) is 17.6 Å². The molecule has 0 saturated carbocycles. The van der Waals surface area contributed by atoms with Crippen LogP contribution < -0.4 is 10.5 Å². The fourth-order valence-corrected chi connectivity index (χ4v) is 2.02. The minimum absolute atomic E-state index is 0.156. The molecule has 8 heteroatoms. The maximum absolute atomic E-state index is 13.7. The first-order chi connectivity index (χ1) is 9.86. The second-order valence-corrected chi connectivity index (χ2v) is 5.59. The number of hydrogen-bond donors (Lipinski definition) is 2. The third-order valence-corrected chi connectivity index (χ3v) is 3.38. The highest BCUT2D eigenvalue weighted by Crippen LogP contribution is 2.18. The quantitative estimate of drug-likeness (QED) is 0.839. The SMILES string of the molecule is NS(=O)(=O)c1ccc(NC(=O)/C=C/c2ccco2)c(F)c1. The zero-order valence-electron chi connectivity index (χ0n) is 10.6. The van der Waals surface area contributed by atoms with Gasteiger partial charge in [-0.25, -0.2) is 17.9 Å². The molecule has 21 heavy (non-hydrogen) atoms. The van der Waals surface area contributed by atoms with Crippen LogP contribution in [0.4, 0.5) is 10.1 Å². The number of amides is 1. The minimum Gasteiger partial charge on any atom is -0.465 e. The van der Waals surface area contributed by atoms with Gasteiger partial charge in [-0.15, -0.1) is 0 Å². The van der Waals surface area contributed by atoms with Crippen LogP contribution in [0.3, 0.4) is 0 Å². The van der Waals surface area contributed by atoms with E-state index in [0.717, 1.165) is 24.3 Å². The van der Waals surface area contributed by atoms with Crippen LogP contribution in [0.25, 0.3) is 6.08 Å². The van der Waals surface area contributed by atoms with Gasteiger partial charge in [-0.1, -0.05) is 0 Å². The maximum Gasteiger partial charge on any atom is 0.248 e. The Morgan fingerprint density at radius 2 is 2.10 bits per heavy atom. The van der Waals surface area contributed by atoms with Gasteiger partial charge in [0.2, 0.25) is 15.9 Å². The molecule has 2 aromatic rings. The Morgan fingerprint density at radius 1 is 1.33 bits per heavy atom. The molecule has 3 N–H and O–H groups in total. The number of primary sulfonamides is 1. The van der Waals surface area contributed by atoms with Crippen molar-refractivity contribution in [1.82, 2.24) is 0 Å². The fourth-order valence-electron chi connectivity index (χ4n) is 1.49. The number of nitrogens with two attached hydrogens (primary N) is 1. The van der Waals surface area contributed by atoms with Crippen LogP contribution in [0.1, 0.15) is 5.76 Å². The first kappa shape index (κ1) is 14.9. The molecule has 1 heterocycles. The summed E-state index contributed by atoms with van der Waals surface area (Å²) in [5.74, 6) is -1.02. The predicted molar refractivity (Wildman–Crippen MR) is 74.1 cm³/mol. The van der Waals surface area contributed by atoms with Crippen LogP contribution in [0.5, 0.6) is 0 Å². The lowest BCUT2D eigenvalue weighted by Gasteiger charge is -2.05. The number of furan rings is 1. The van der Waals surface area contributed by atoms with Crippen LogP contribution in [0.2, 0.25) is 0 Å². The first-order valence-electron chi connectivity index (χ1n) is 5.71. The molecule has 0 saturated heterocycles. The number of nitrogens with one attached hydrogen (secondary N) is 1. The highest BCUT2D eigenvalue weighted by atomic mass is 32.2. The summed E-state index contributed by atoms with van der Waals surface area (Å²) >= 11 is 0. The monoisotopic (exact) mass is 310 g/mol. The van der Waals surface area contributed by atoms with Crippen LogP contribution in [0.15, 0.2) is 52.0 Å². The summed E-state index contributed by atoms with van der Waals surface area (Å²) in [6, 6.07) is 6.26. The minimum atomic E-state index is -3.99. The van der Waals surface area contributed by atoms with Crippen molar-refractivity contribution < 1.29 is 22.0 Å². The molecule has 1 aromatic carbocycles. The average molecular weight is 310 g/mol. The molecule has 1 amide bonds. The van der Waals surface area contributed by atoms with Gasteiger partial charge >= 0.3 is 0 Å². The molecule has 0 fully saturated rings. The smallest absolute Gasteiger partial charge is 0.248 e. The Hall–Kier alpha value is -2.45. The van der Waals surface area contributed by atoms with E-state index in [-0.39, 0.29) is 10.6 Å². The highest BCUT2D eigenvalue weighted by Gasteiger charge is 2.12. The van der Waals surface area contributed by atoms with Crippen molar-refractivity contribution in [2.75, 3.05) is 5.32 Å². The summed E-state index contributed by atoms with van der Waals surface area (Å²) in [5.41, 5.74) is -0.156.